The molecule has 3 aromatic rings. The van der Waals surface area contributed by atoms with Crippen molar-refractivity contribution in [2.45, 2.75) is 32.7 Å². The van der Waals surface area contributed by atoms with Gasteiger partial charge in [-0.25, -0.2) is 9.37 Å². The van der Waals surface area contributed by atoms with E-state index in [1.54, 1.807) is 19.2 Å². The fourth-order valence-electron chi connectivity index (χ4n) is 4.25. The van der Waals surface area contributed by atoms with E-state index in [0.29, 0.717) is 51.3 Å². The third kappa shape index (κ3) is 6.28. The Morgan fingerprint density at radius 1 is 1.14 bits per heavy atom. The van der Waals surface area contributed by atoms with Crippen LogP contribution in [0.3, 0.4) is 0 Å². The highest BCUT2D eigenvalue weighted by atomic mass is 32.1. The van der Waals surface area contributed by atoms with E-state index >= 15 is 0 Å². The maximum Gasteiger partial charge on any atom is 0.224 e. The number of carbonyl (C=O) groups excluding carboxylic acids is 1. The molecule has 9 heteroatoms. The van der Waals surface area contributed by atoms with Gasteiger partial charge in [0.05, 0.1) is 12.8 Å². The van der Waals surface area contributed by atoms with Crippen LogP contribution in [0, 0.1) is 5.82 Å². The summed E-state index contributed by atoms with van der Waals surface area (Å²) in [7, 11) is 1.66. The number of carbonyl (C=O) groups is 1. The number of ether oxygens (including phenoxy) is 1. The lowest BCUT2D eigenvalue weighted by Gasteiger charge is -2.36. The number of para-hydroxylation sites is 1. The Balaban J connectivity index is 1.31. The fraction of sp³-hybridized carbons (Fsp3) is 0.423. The van der Waals surface area contributed by atoms with E-state index in [1.165, 1.54) is 17.6 Å². The molecule has 0 aliphatic carbocycles. The summed E-state index contributed by atoms with van der Waals surface area (Å²) in [5.41, 5.74) is 1.70. The number of rotatable bonds is 9. The monoisotopic (exact) mass is 497 g/mol. The number of methoxy groups -OCH3 is 1. The Morgan fingerprint density at radius 3 is 2.63 bits per heavy atom. The Hall–Kier alpha value is -3.20. The van der Waals surface area contributed by atoms with E-state index in [-0.39, 0.29) is 17.8 Å². The molecule has 4 rings (SSSR count). The van der Waals surface area contributed by atoms with Crippen LogP contribution < -0.4 is 14.5 Å². The van der Waals surface area contributed by atoms with Gasteiger partial charge in [0.2, 0.25) is 11.0 Å². The van der Waals surface area contributed by atoms with E-state index in [2.05, 4.69) is 23.1 Å². The number of amides is 1. The zero-order chi connectivity index (χ0) is 24.8. The van der Waals surface area contributed by atoms with Gasteiger partial charge in [-0.1, -0.05) is 24.3 Å². The highest BCUT2D eigenvalue weighted by Gasteiger charge is 2.24. The number of hydrogen-bond acceptors (Lipinski definition) is 7. The third-order valence-electron chi connectivity index (χ3n) is 6.21. The number of halogens is 1. The maximum atomic E-state index is 14.1. The van der Waals surface area contributed by atoms with Crippen LogP contribution in [0.4, 0.5) is 15.2 Å². The van der Waals surface area contributed by atoms with Gasteiger partial charge in [-0.05, 0) is 43.7 Å². The van der Waals surface area contributed by atoms with Gasteiger partial charge in [-0.15, -0.1) is 0 Å². The smallest absolute Gasteiger partial charge is 0.224 e. The van der Waals surface area contributed by atoms with Crippen molar-refractivity contribution in [1.29, 1.82) is 0 Å². The molecule has 2 aromatic carbocycles. The lowest BCUT2D eigenvalue weighted by molar-refractivity contribution is -0.131. The summed E-state index contributed by atoms with van der Waals surface area (Å²) >= 11 is 1.37. The third-order valence-corrected chi connectivity index (χ3v) is 7.01. The number of piperazine rings is 1. The molecule has 0 bridgehead atoms. The standard InChI is InChI=1S/C26H32FN5O2S/c1-19(2)32(26-28-24(29-35-26)18-20-7-6-8-21(17-20)34-3)12-11-25(33)31-15-13-30(14-16-31)23-10-5-4-9-22(23)27/h4-10,17,19H,11-16,18H2,1-3H3. The SMILES string of the molecule is COc1cccc(Cc2nsc(N(CCC(=O)N3CCN(c4ccccc4F)CC3)C(C)C)n2)c1. The molecule has 35 heavy (non-hydrogen) atoms. The molecule has 186 valence electrons. The Bertz CT molecular complexity index is 1130. The molecule has 0 spiro atoms. The number of hydrogen-bond donors (Lipinski definition) is 0. The van der Waals surface area contributed by atoms with Crippen LogP contribution >= 0.6 is 11.5 Å². The van der Waals surface area contributed by atoms with Crippen LogP contribution in [-0.2, 0) is 11.2 Å². The van der Waals surface area contributed by atoms with Crippen LogP contribution in [0.15, 0.2) is 48.5 Å². The minimum absolute atomic E-state index is 0.116. The van der Waals surface area contributed by atoms with Crippen LogP contribution in [0.2, 0.25) is 0 Å². The predicted octanol–water partition coefficient (Wildman–Crippen LogP) is 4.23. The quantitative estimate of drug-likeness (QED) is 0.441. The van der Waals surface area contributed by atoms with Crippen molar-refractivity contribution in [3.8, 4) is 5.75 Å². The number of aromatic nitrogens is 2. The zero-order valence-corrected chi connectivity index (χ0v) is 21.3. The van der Waals surface area contributed by atoms with Gasteiger partial charge in [0.15, 0.2) is 0 Å². The van der Waals surface area contributed by atoms with Crippen molar-refractivity contribution >= 4 is 28.3 Å². The summed E-state index contributed by atoms with van der Waals surface area (Å²) in [6.45, 7) is 7.23. The van der Waals surface area contributed by atoms with E-state index in [1.807, 2.05) is 40.1 Å². The Morgan fingerprint density at radius 2 is 1.91 bits per heavy atom. The maximum absolute atomic E-state index is 14.1. The molecule has 7 nitrogen and oxygen atoms in total. The first-order valence-corrected chi connectivity index (χ1v) is 12.7. The van der Waals surface area contributed by atoms with Gasteiger partial charge in [-0.2, -0.15) is 4.37 Å². The molecule has 1 fully saturated rings. The van der Waals surface area contributed by atoms with Crippen molar-refractivity contribution in [3.05, 3.63) is 65.7 Å². The summed E-state index contributed by atoms with van der Waals surface area (Å²) in [4.78, 5) is 23.7. The van der Waals surface area contributed by atoms with Gasteiger partial charge in [0, 0.05) is 63.1 Å². The summed E-state index contributed by atoms with van der Waals surface area (Å²) in [6.07, 6.45) is 1.04. The molecule has 0 radical (unpaired) electrons. The largest absolute Gasteiger partial charge is 0.497 e. The molecule has 1 amide bonds. The van der Waals surface area contributed by atoms with E-state index < -0.39 is 0 Å². The van der Waals surface area contributed by atoms with Crippen molar-refractivity contribution in [2.24, 2.45) is 0 Å². The van der Waals surface area contributed by atoms with Crippen molar-refractivity contribution in [2.75, 3.05) is 49.6 Å². The number of nitrogens with zero attached hydrogens (tertiary/aromatic N) is 5. The minimum Gasteiger partial charge on any atom is -0.497 e. The molecule has 1 aliphatic heterocycles. The van der Waals surface area contributed by atoms with Crippen LogP contribution in [-0.4, -0.2) is 66.0 Å². The predicted molar refractivity (Wildman–Crippen MR) is 138 cm³/mol. The summed E-state index contributed by atoms with van der Waals surface area (Å²) in [6, 6.07) is 14.9. The first kappa shape index (κ1) is 24.9. The second-order valence-electron chi connectivity index (χ2n) is 8.88. The van der Waals surface area contributed by atoms with Gasteiger partial charge in [-0.3, -0.25) is 4.79 Å². The lowest BCUT2D eigenvalue weighted by atomic mass is 10.1. The van der Waals surface area contributed by atoms with Crippen molar-refractivity contribution < 1.29 is 13.9 Å². The molecular formula is C26H32FN5O2S. The molecule has 2 heterocycles. The fourth-order valence-corrected chi connectivity index (χ4v) is 5.10. The Labute approximate surface area is 210 Å². The molecule has 0 atom stereocenters. The second-order valence-corrected chi connectivity index (χ2v) is 9.61. The van der Waals surface area contributed by atoms with Crippen LogP contribution in [0.25, 0.3) is 0 Å². The van der Waals surface area contributed by atoms with E-state index in [4.69, 9.17) is 9.72 Å². The van der Waals surface area contributed by atoms with Crippen LogP contribution in [0.1, 0.15) is 31.7 Å². The number of benzene rings is 2. The van der Waals surface area contributed by atoms with Gasteiger partial charge in [0.25, 0.3) is 0 Å². The average molecular weight is 498 g/mol. The van der Waals surface area contributed by atoms with Crippen molar-refractivity contribution in [3.63, 3.8) is 0 Å². The molecular weight excluding hydrogens is 465 g/mol. The Kier molecular flexibility index (Phi) is 8.17. The summed E-state index contributed by atoms with van der Waals surface area (Å²) in [5.74, 6) is 1.47. The average Bonchev–Trinajstić information content (AvgIpc) is 3.32. The molecule has 0 N–H and O–H groups in total. The molecule has 1 saturated heterocycles. The first-order valence-electron chi connectivity index (χ1n) is 11.9. The highest BCUT2D eigenvalue weighted by molar-refractivity contribution is 7.09. The lowest BCUT2D eigenvalue weighted by Crippen LogP contribution is -2.49. The zero-order valence-electron chi connectivity index (χ0n) is 20.5. The van der Waals surface area contributed by atoms with Crippen LogP contribution in [0.5, 0.6) is 5.75 Å². The minimum atomic E-state index is -0.220. The first-order chi connectivity index (χ1) is 16.9. The van der Waals surface area contributed by atoms with E-state index in [9.17, 15) is 9.18 Å². The van der Waals surface area contributed by atoms with E-state index in [0.717, 1.165) is 22.3 Å². The molecule has 1 aromatic heterocycles. The topological polar surface area (TPSA) is 61.8 Å². The van der Waals surface area contributed by atoms with Gasteiger partial charge >= 0.3 is 0 Å². The summed E-state index contributed by atoms with van der Waals surface area (Å²) in [5, 5.41) is 0.829. The molecule has 0 unspecified atom stereocenters. The summed E-state index contributed by atoms with van der Waals surface area (Å²) < 4.78 is 23.9. The normalized spacial score (nSPS) is 13.9. The second kappa shape index (κ2) is 11.5. The molecule has 1 aliphatic rings. The molecule has 0 saturated carbocycles. The van der Waals surface area contributed by atoms with Gasteiger partial charge in [0.1, 0.15) is 17.4 Å². The van der Waals surface area contributed by atoms with Gasteiger partial charge < -0.3 is 19.4 Å². The number of anilines is 2. The van der Waals surface area contributed by atoms with Crippen molar-refractivity contribution in [1.82, 2.24) is 14.3 Å². The highest BCUT2D eigenvalue weighted by Crippen LogP contribution is 2.24.